The van der Waals surface area contributed by atoms with Gasteiger partial charge in [0.1, 0.15) is 17.6 Å². The number of carbonyl (C=O) groups excluding carboxylic acids is 1. The molecule has 1 spiro atoms. The predicted molar refractivity (Wildman–Crippen MR) is 145 cm³/mol. The van der Waals surface area contributed by atoms with Crippen molar-refractivity contribution < 1.29 is 19.0 Å². The summed E-state index contributed by atoms with van der Waals surface area (Å²) in [5, 5.41) is 10.2. The van der Waals surface area contributed by atoms with E-state index < -0.39 is 0 Å². The molecule has 6 rings (SSSR count). The number of benzene rings is 3. The summed E-state index contributed by atoms with van der Waals surface area (Å²) in [5.74, 6) is 1.19. The average molecular weight is 515 g/mol. The standard InChI is InChI=1S/C32H35FN2O3/c33-16-4-17-34-18-13-28(22-34)38-27-10-7-23(8-11-27)19-30-29-12-9-26(36)20-25(29)21-32(14-15-32)35(30)31(37)24-5-2-1-3-6-24/h1-3,5-12,20,28,30,36H,4,13-19,21-22H2. The van der Waals surface area contributed by atoms with Gasteiger partial charge >= 0.3 is 0 Å². The number of halogens is 1. The van der Waals surface area contributed by atoms with E-state index in [1.54, 1.807) is 6.07 Å². The van der Waals surface area contributed by atoms with E-state index in [9.17, 15) is 14.3 Å². The maximum absolute atomic E-state index is 13.9. The molecular formula is C32H35FN2O3. The third kappa shape index (κ3) is 5.02. The number of aromatic hydroxyl groups is 1. The Hall–Kier alpha value is -3.38. The van der Waals surface area contributed by atoms with Crippen molar-refractivity contribution in [3.8, 4) is 11.5 Å². The number of likely N-dealkylation sites (tertiary alicyclic amines) is 1. The topological polar surface area (TPSA) is 53.0 Å². The molecular weight excluding hydrogens is 479 g/mol. The minimum atomic E-state index is -0.272. The van der Waals surface area contributed by atoms with Gasteiger partial charge in [-0.1, -0.05) is 36.4 Å². The summed E-state index contributed by atoms with van der Waals surface area (Å²) in [4.78, 5) is 18.3. The van der Waals surface area contributed by atoms with Gasteiger partial charge in [-0.05, 0) is 91.6 Å². The van der Waals surface area contributed by atoms with Gasteiger partial charge in [0.2, 0.25) is 0 Å². The molecule has 1 saturated carbocycles. The Morgan fingerprint density at radius 2 is 1.84 bits per heavy atom. The van der Waals surface area contributed by atoms with Crippen LogP contribution in [0.2, 0.25) is 0 Å². The number of fused-ring (bicyclic) bond motifs is 1. The zero-order chi connectivity index (χ0) is 26.1. The molecule has 3 aromatic rings. The monoisotopic (exact) mass is 514 g/mol. The van der Waals surface area contributed by atoms with Crippen molar-refractivity contribution in [3.63, 3.8) is 0 Å². The van der Waals surface area contributed by atoms with E-state index in [4.69, 9.17) is 4.74 Å². The Morgan fingerprint density at radius 3 is 2.58 bits per heavy atom. The highest BCUT2D eigenvalue weighted by Gasteiger charge is 2.55. The largest absolute Gasteiger partial charge is 0.508 e. The summed E-state index contributed by atoms with van der Waals surface area (Å²) in [6, 6.07) is 23.3. The highest BCUT2D eigenvalue weighted by Crippen LogP contribution is 2.54. The lowest BCUT2D eigenvalue weighted by Crippen LogP contribution is -2.49. The Labute approximate surface area is 223 Å². The van der Waals surface area contributed by atoms with E-state index in [-0.39, 0.29) is 36.0 Å². The average Bonchev–Trinajstić information content (AvgIpc) is 3.54. The first-order valence-electron chi connectivity index (χ1n) is 13.8. The van der Waals surface area contributed by atoms with Crippen LogP contribution >= 0.6 is 0 Å². The first kappa shape index (κ1) is 24.9. The summed E-state index contributed by atoms with van der Waals surface area (Å²) in [5.41, 5.74) is 3.93. The third-order valence-electron chi connectivity index (χ3n) is 8.39. The molecule has 1 amide bonds. The summed E-state index contributed by atoms with van der Waals surface area (Å²) >= 11 is 0. The van der Waals surface area contributed by atoms with Crippen molar-refractivity contribution in [1.82, 2.24) is 9.80 Å². The van der Waals surface area contributed by atoms with Crippen LogP contribution in [0.3, 0.4) is 0 Å². The number of alkyl halides is 1. The molecule has 5 nitrogen and oxygen atoms in total. The van der Waals surface area contributed by atoms with Gasteiger partial charge in [0.05, 0.1) is 12.7 Å². The van der Waals surface area contributed by atoms with Gasteiger partial charge < -0.3 is 14.7 Å². The van der Waals surface area contributed by atoms with Crippen LogP contribution in [0.4, 0.5) is 4.39 Å². The Morgan fingerprint density at radius 1 is 1.05 bits per heavy atom. The minimum Gasteiger partial charge on any atom is -0.508 e. The van der Waals surface area contributed by atoms with E-state index in [1.165, 1.54) is 0 Å². The molecule has 1 N–H and O–H groups in total. The smallest absolute Gasteiger partial charge is 0.254 e. The summed E-state index contributed by atoms with van der Waals surface area (Å²) < 4.78 is 18.7. The molecule has 2 fully saturated rings. The van der Waals surface area contributed by atoms with Crippen LogP contribution < -0.4 is 4.74 Å². The van der Waals surface area contributed by atoms with Crippen LogP contribution in [-0.2, 0) is 12.8 Å². The SMILES string of the molecule is O=C(c1ccccc1)N1C(Cc2ccc(OC3CCN(CCCF)C3)cc2)c2ccc(O)cc2CC12CC2. The van der Waals surface area contributed by atoms with Gasteiger partial charge in [0, 0.05) is 30.7 Å². The van der Waals surface area contributed by atoms with E-state index in [2.05, 4.69) is 21.9 Å². The van der Waals surface area contributed by atoms with Crippen LogP contribution in [-0.4, -0.2) is 58.8 Å². The molecule has 0 aromatic heterocycles. The second-order valence-electron chi connectivity index (χ2n) is 11.1. The lowest BCUT2D eigenvalue weighted by atomic mass is 9.83. The third-order valence-corrected chi connectivity index (χ3v) is 8.39. The van der Waals surface area contributed by atoms with Crippen LogP contribution in [0, 0.1) is 0 Å². The normalized spacial score (nSPS) is 21.9. The lowest BCUT2D eigenvalue weighted by molar-refractivity contribution is 0.0486. The van der Waals surface area contributed by atoms with Crippen molar-refractivity contribution in [3.05, 3.63) is 95.1 Å². The van der Waals surface area contributed by atoms with Gasteiger partial charge in [-0.15, -0.1) is 0 Å². The number of phenols is 1. The maximum atomic E-state index is 13.9. The molecule has 6 heteroatoms. The zero-order valence-corrected chi connectivity index (χ0v) is 21.7. The molecule has 1 aliphatic carbocycles. The predicted octanol–water partition coefficient (Wildman–Crippen LogP) is 5.72. The second-order valence-corrected chi connectivity index (χ2v) is 11.1. The molecule has 2 heterocycles. The number of phenolic OH excluding ortho intramolecular Hbond substituents is 1. The van der Waals surface area contributed by atoms with E-state index >= 15 is 0 Å². The van der Waals surface area contributed by atoms with Gasteiger partial charge in [-0.2, -0.15) is 0 Å². The fraction of sp³-hybridized carbons (Fsp3) is 0.406. The Balaban J connectivity index is 1.23. The molecule has 3 aliphatic rings. The first-order chi connectivity index (χ1) is 18.5. The summed E-state index contributed by atoms with van der Waals surface area (Å²) in [6.07, 6.45) is 5.10. The molecule has 3 aromatic carbocycles. The molecule has 198 valence electrons. The highest BCUT2D eigenvalue weighted by atomic mass is 19.1. The fourth-order valence-corrected chi connectivity index (χ4v) is 6.32. The van der Waals surface area contributed by atoms with E-state index in [1.807, 2.05) is 54.6 Å². The minimum absolute atomic E-state index is 0.0744. The van der Waals surface area contributed by atoms with Crippen molar-refractivity contribution in [1.29, 1.82) is 0 Å². The number of rotatable bonds is 8. The van der Waals surface area contributed by atoms with Gasteiger partial charge in [0.25, 0.3) is 5.91 Å². The summed E-state index contributed by atoms with van der Waals surface area (Å²) in [7, 11) is 0. The molecule has 38 heavy (non-hydrogen) atoms. The van der Waals surface area contributed by atoms with Crippen LogP contribution in [0.25, 0.3) is 0 Å². The van der Waals surface area contributed by atoms with E-state index in [0.717, 1.165) is 67.8 Å². The zero-order valence-electron chi connectivity index (χ0n) is 21.7. The molecule has 0 bridgehead atoms. The maximum Gasteiger partial charge on any atom is 0.254 e. The van der Waals surface area contributed by atoms with Crippen LogP contribution in [0.15, 0.2) is 72.8 Å². The Kier molecular flexibility index (Phi) is 6.83. The van der Waals surface area contributed by atoms with Crippen LogP contribution in [0.5, 0.6) is 11.5 Å². The number of nitrogens with zero attached hydrogens (tertiary/aromatic N) is 2. The van der Waals surface area contributed by atoms with Crippen molar-refractivity contribution in [2.24, 2.45) is 0 Å². The molecule has 1 saturated heterocycles. The quantitative estimate of drug-likeness (QED) is 0.418. The van der Waals surface area contributed by atoms with Gasteiger partial charge in [-0.25, -0.2) is 0 Å². The van der Waals surface area contributed by atoms with Crippen molar-refractivity contribution >= 4 is 5.91 Å². The number of hydrogen-bond acceptors (Lipinski definition) is 4. The number of carbonyl (C=O) groups is 1. The van der Waals surface area contributed by atoms with Gasteiger partial charge in [0.15, 0.2) is 0 Å². The lowest BCUT2D eigenvalue weighted by Gasteiger charge is -2.44. The fourth-order valence-electron chi connectivity index (χ4n) is 6.32. The highest BCUT2D eigenvalue weighted by molar-refractivity contribution is 5.95. The van der Waals surface area contributed by atoms with Crippen molar-refractivity contribution in [2.45, 2.75) is 56.2 Å². The summed E-state index contributed by atoms with van der Waals surface area (Å²) in [6.45, 7) is 2.31. The molecule has 0 radical (unpaired) electrons. The molecule has 2 unspecified atom stereocenters. The van der Waals surface area contributed by atoms with Gasteiger partial charge in [-0.3, -0.25) is 14.1 Å². The first-order valence-corrected chi connectivity index (χ1v) is 13.8. The number of ether oxygens (including phenoxy) is 1. The second kappa shape index (κ2) is 10.4. The Bertz CT molecular complexity index is 1280. The van der Waals surface area contributed by atoms with Crippen molar-refractivity contribution in [2.75, 3.05) is 26.3 Å². The number of amides is 1. The molecule has 2 aliphatic heterocycles. The molecule has 2 atom stereocenters. The van der Waals surface area contributed by atoms with Crippen LogP contribution in [0.1, 0.15) is 58.8 Å². The van der Waals surface area contributed by atoms with E-state index in [0.29, 0.717) is 18.4 Å². The number of hydrogen-bond donors (Lipinski definition) is 1.